The fraction of sp³-hybridized carbons (Fsp3) is 0.235. The van der Waals surface area contributed by atoms with Crippen LogP contribution in [-0.2, 0) is 11.0 Å². The van der Waals surface area contributed by atoms with Gasteiger partial charge in [-0.3, -0.25) is 4.79 Å². The van der Waals surface area contributed by atoms with Crippen molar-refractivity contribution >= 4 is 11.6 Å². The largest absolute Gasteiger partial charge is 0.481 e. The molecule has 1 amide bonds. The SMILES string of the molecule is Cc1ccccc1OC(C)C(=O)Nc1ccccc1C(F)(F)F. The van der Waals surface area contributed by atoms with Gasteiger partial charge in [0.2, 0.25) is 0 Å². The van der Waals surface area contributed by atoms with Crippen molar-refractivity contribution in [1.82, 2.24) is 0 Å². The zero-order valence-corrected chi connectivity index (χ0v) is 12.6. The molecule has 0 fully saturated rings. The molecule has 6 heteroatoms. The van der Waals surface area contributed by atoms with Gasteiger partial charge < -0.3 is 10.1 Å². The first-order valence-electron chi connectivity index (χ1n) is 6.98. The van der Waals surface area contributed by atoms with Crippen LogP contribution in [0, 0.1) is 6.92 Å². The highest BCUT2D eigenvalue weighted by Crippen LogP contribution is 2.34. The smallest absolute Gasteiger partial charge is 0.418 e. The molecule has 0 aliphatic carbocycles. The van der Waals surface area contributed by atoms with E-state index in [0.29, 0.717) is 5.75 Å². The summed E-state index contributed by atoms with van der Waals surface area (Å²) in [7, 11) is 0. The van der Waals surface area contributed by atoms with Crippen LogP contribution >= 0.6 is 0 Å². The molecule has 0 aromatic heterocycles. The number of amides is 1. The molecule has 2 aromatic rings. The van der Waals surface area contributed by atoms with E-state index in [1.54, 1.807) is 12.1 Å². The van der Waals surface area contributed by atoms with Crippen LogP contribution in [0.15, 0.2) is 48.5 Å². The van der Waals surface area contributed by atoms with Gasteiger partial charge in [0.1, 0.15) is 5.75 Å². The van der Waals surface area contributed by atoms with E-state index in [1.807, 2.05) is 19.1 Å². The minimum atomic E-state index is -4.54. The van der Waals surface area contributed by atoms with Gasteiger partial charge in [0, 0.05) is 0 Å². The lowest BCUT2D eigenvalue weighted by atomic mass is 10.1. The topological polar surface area (TPSA) is 38.3 Å². The van der Waals surface area contributed by atoms with Gasteiger partial charge in [-0.15, -0.1) is 0 Å². The fourth-order valence-electron chi connectivity index (χ4n) is 2.01. The fourth-order valence-corrected chi connectivity index (χ4v) is 2.01. The van der Waals surface area contributed by atoms with Crippen molar-refractivity contribution in [3.05, 3.63) is 59.7 Å². The van der Waals surface area contributed by atoms with Crippen molar-refractivity contribution < 1.29 is 22.7 Å². The molecule has 2 rings (SSSR count). The van der Waals surface area contributed by atoms with E-state index in [2.05, 4.69) is 5.32 Å². The number of hydrogen-bond donors (Lipinski definition) is 1. The number of nitrogens with one attached hydrogen (secondary N) is 1. The molecule has 1 atom stereocenters. The van der Waals surface area contributed by atoms with Gasteiger partial charge >= 0.3 is 6.18 Å². The summed E-state index contributed by atoms with van der Waals surface area (Å²) in [5.41, 5.74) is -0.343. The molecular weight excluding hydrogens is 307 g/mol. The quantitative estimate of drug-likeness (QED) is 0.904. The van der Waals surface area contributed by atoms with Gasteiger partial charge in [-0.1, -0.05) is 30.3 Å². The normalized spacial score (nSPS) is 12.6. The molecule has 0 saturated carbocycles. The molecule has 0 aliphatic heterocycles. The summed E-state index contributed by atoms with van der Waals surface area (Å²) in [5, 5.41) is 2.27. The van der Waals surface area contributed by atoms with Crippen molar-refractivity contribution in [1.29, 1.82) is 0 Å². The zero-order valence-electron chi connectivity index (χ0n) is 12.6. The summed E-state index contributed by atoms with van der Waals surface area (Å²) < 4.78 is 44.3. The molecule has 2 aromatic carbocycles. The summed E-state index contributed by atoms with van der Waals surface area (Å²) in [6, 6.07) is 11.9. The Labute approximate surface area is 132 Å². The Kier molecular flexibility index (Phi) is 4.93. The van der Waals surface area contributed by atoms with Gasteiger partial charge in [0.05, 0.1) is 11.3 Å². The Morgan fingerprint density at radius 1 is 1.09 bits per heavy atom. The molecule has 23 heavy (non-hydrogen) atoms. The molecule has 122 valence electrons. The molecular formula is C17H16F3NO2. The zero-order chi connectivity index (χ0) is 17.0. The molecule has 0 saturated heterocycles. The minimum Gasteiger partial charge on any atom is -0.481 e. The standard InChI is InChI=1S/C17H16F3NO2/c1-11-7-3-6-10-15(11)23-12(2)16(22)21-14-9-5-4-8-13(14)17(18,19)20/h3-10,12H,1-2H3,(H,21,22). The minimum absolute atomic E-state index is 0.287. The van der Waals surface area contributed by atoms with Crippen molar-refractivity contribution in [3.63, 3.8) is 0 Å². The highest BCUT2D eigenvalue weighted by atomic mass is 19.4. The summed E-state index contributed by atoms with van der Waals surface area (Å²) >= 11 is 0. The van der Waals surface area contributed by atoms with Crippen LogP contribution in [0.4, 0.5) is 18.9 Å². The van der Waals surface area contributed by atoms with Gasteiger partial charge in [0.25, 0.3) is 5.91 Å². The first-order valence-corrected chi connectivity index (χ1v) is 6.98. The third kappa shape index (κ3) is 4.25. The molecule has 0 radical (unpaired) electrons. The van der Waals surface area contributed by atoms with Crippen molar-refractivity contribution in [2.45, 2.75) is 26.1 Å². The van der Waals surface area contributed by atoms with Crippen molar-refractivity contribution in [2.75, 3.05) is 5.32 Å². The van der Waals surface area contributed by atoms with E-state index < -0.39 is 23.8 Å². The Morgan fingerprint density at radius 2 is 1.70 bits per heavy atom. The monoisotopic (exact) mass is 323 g/mol. The number of halogens is 3. The summed E-state index contributed by atoms with van der Waals surface area (Å²) in [4.78, 5) is 12.1. The van der Waals surface area contributed by atoms with Crippen LogP contribution in [-0.4, -0.2) is 12.0 Å². The number of alkyl halides is 3. The number of anilines is 1. The first-order chi connectivity index (χ1) is 10.8. The Bertz CT molecular complexity index is 698. The predicted octanol–water partition coefficient (Wildman–Crippen LogP) is 4.42. The van der Waals surface area contributed by atoms with E-state index in [-0.39, 0.29) is 5.69 Å². The lowest BCUT2D eigenvalue weighted by Crippen LogP contribution is -2.31. The average Bonchev–Trinajstić information content (AvgIpc) is 2.49. The number of ether oxygens (including phenoxy) is 1. The Balaban J connectivity index is 2.12. The van der Waals surface area contributed by atoms with Crippen molar-refractivity contribution in [2.24, 2.45) is 0 Å². The lowest BCUT2D eigenvalue weighted by Gasteiger charge is -2.18. The number of carbonyl (C=O) groups excluding carboxylic acids is 1. The van der Waals surface area contributed by atoms with Crippen LogP contribution in [0.1, 0.15) is 18.1 Å². The Morgan fingerprint density at radius 3 is 2.35 bits per heavy atom. The second-order valence-electron chi connectivity index (χ2n) is 5.06. The Hall–Kier alpha value is -2.50. The highest BCUT2D eigenvalue weighted by Gasteiger charge is 2.34. The number of hydrogen-bond acceptors (Lipinski definition) is 2. The highest BCUT2D eigenvalue weighted by molar-refractivity contribution is 5.94. The third-order valence-electron chi connectivity index (χ3n) is 3.26. The van der Waals surface area contributed by atoms with Gasteiger partial charge in [0.15, 0.2) is 6.10 Å². The maximum Gasteiger partial charge on any atom is 0.418 e. The van der Waals surface area contributed by atoms with E-state index >= 15 is 0 Å². The van der Waals surface area contributed by atoms with E-state index in [0.717, 1.165) is 11.6 Å². The second-order valence-corrected chi connectivity index (χ2v) is 5.06. The molecule has 0 aliphatic rings. The lowest BCUT2D eigenvalue weighted by molar-refractivity contribution is -0.137. The van der Waals surface area contributed by atoms with Crippen molar-refractivity contribution in [3.8, 4) is 5.75 Å². The second kappa shape index (κ2) is 6.73. The van der Waals surface area contributed by atoms with Crippen LogP contribution < -0.4 is 10.1 Å². The molecule has 1 unspecified atom stereocenters. The predicted molar refractivity (Wildman–Crippen MR) is 81.3 cm³/mol. The number of aryl methyl sites for hydroxylation is 1. The number of para-hydroxylation sites is 2. The van der Waals surface area contributed by atoms with E-state index in [9.17, 15) is 18.0 Å². The molecule has 1 N–H and O–H groups in total. The molecule has 0 heterocycles. The maximum atomic E-state index is 12.9. The third-order valence-corrected chi connectivity index (χ3v) is 3.26. The van der Waals surface area contributed by atoms with Gasteiger partial charge in [-0.25, -0.2) is 0 Å². The molecule has 3 nitrogen and oxygen atoms in total. The summed E-state index contributed by atoms with van der Waals surface area (Å²) in [6.45, 7) is 3.30. The number of rotatable bonds is 4. The van der Waals surface area contributed by atoms with Gasteiger partial charge in [-0.05, 0) is 37.6 Å². The molecule has 0 spiro atoms. The summed E-state index contributed by atoms with van der Waals surface area (Å²) in [6.07, 6.45) is -5.47. The summed E-state index contributed by atoms with van der Waals surface area (Å²) in [5.74, 6) is -0.135. The van der Waals surface area contributed by atoms with Gasteiger partial charge in [-0.2, -0.15) is 13.2 Å². The number of carbonyl (C=O) groups is 1. The van der Waals surface area contributed by atoms with Crippen LogP contribution in [0.5, 0.6) is 5.75 Å². The van der Waals surface area contributed by atoms with E-state index in [4.69, 9.17) is 4.74 Å². The first kappa shape index (κ1) is 16.9. The average molecular weight is 323 g/mol. The van der Waals surface area contributed by atoms with Crippen LogP contribution in [0.3, 0.4) is 0 Å². The maximum absolute atomic E-state index is 12.9. The van der Waals surface area contributed by atoms with E-state index in [1.165, 1.54) is 25.1 Å². The van der Waals surface area contributed by atoms with Crippen LogP contribution in [0.25, 0.3) is 0 Å². The number of benzene rings is 2. The molecule has 0 bridgehead atoms. The van der Waals surface area contributed by atoms with Crippen LogP contribution in [0.2, 0.25) is 0 Å².